The van der Waals surface area contributed by atoms with Crippen molar-refractivity contribution in [1.82, 2.24) is 4.90 Å². The number of esters is 1. The fourth-order valence-corrected chi connectivity index (χ4v) is 3.23. The summed E-state index contributed by atoms with van der Waals surface area (Å²) in [6.07, 6.45) is -1.42. The summed E-state index contributed by atoms with van der Waals surface area (Å²) in [5, 5.41) is 0. The van der Waals surface area contributed by atoms with Gasteiger partial charge in [-0.15, -0.1) is 0 Å². The molecule has 1 saturated carbocycles. The summed E-state index contributed by atoms with van der Waals surface area (Å²) < 4.78 is 44.1. The van der Waals surface area contributed by atoms with E-state index in [2.05, 4.69) is 0 Å². The van der Waals surface area contributed by atoms with Gasteiger partial charge in [0.05, 0.1) is 12.7 Å². The number of likely N-dealkylation sites (N-methyl/N-ethyl adjacent to an activating group) is 1. The van der Waals surface area contributed by atoms with Gasteiger partial charge in [-0.05, 0) is 31.5 Å². The predicted octanol–water partition coefficient (Wildman–Crippen LogP) is 3.62. The van der Waals surface area contributed by atoms with Crippen molar-refractivity contribution in [3.8, 4) is 0 Å². The summed E-state index contributed by atoms with van der Waals surface area (Å²) >= 11 is 0. The highest BCUT2D eigenvalue weighted by Crippen LogP contribution is 2.38. The first-order valence-electron chi connectivity index (χ1n) is 7.26. The molecule has 1 aliphatic carbocycles. The molecule has 22 heavy (non-hydrogen) atoms. The Hall–Kier alpha value is -1.56. The van der Waals surface area contributed by atoms with Gasteiger partial charge < -0.3 is 4.74 Å². The van der Waals surface area contributed by atoms with Crippen molar-refractivity contribution in [1.29, 1.82) is 0 Å². The van der Waals surface area contributed by atoms with Crippen LogP contribution in [-0.2, 0) is 22.3 Å². The van der Waals surface area contributed by atoms with Crippen LogP contribution in [0.15, 0.2) is 24.3 Å². The standard InChI is InChI=1S/C16H20F3NO2/c1-20(15(14(21)22-2)9-5-6-10-15)11-12-7-3-4-8-13(12)16(17,18)19/h3-4,7-8H,5-6,9-11H2,1-2H3. The molecule has 1 aromatic carbocycles. The highest BCUT2D eigenvalue weighted by Gasteiger charge is 2.46. The highest BCUT2D eigenvalue weighted by atomic mass is 19.4. The van der Waals surface area contributed by atoms with Crippen LogP contribution in [0.3, 0.4) is 0 Å². The number of halogens is 3. The Labute approximate surface area is 128 Å². The number of hydrogen-bond donors (Lipinski definition) is 0. The van der Waals surface area contributed by atoms with E-state index < -0.39 is 17.3 Å². The van der Waals surface area contributed by atoms with Crippen LogP contribution in [0, 0.1) is 0 Å². The number of carbonyl (C=O) groups is 1. The summed E-state index contributed by atoms with van der Waals surface area (Å²) in [5.74, 6) is -0.364. The van der Waals surface area contributed by atoms with E-state index in [9.17, 15) is 18.0 Å². The Kier molecular flexibility index (Phi) is 4.80. The van der Waals surface area contributed by atoms with Gasteiger partial charge >= 0.3 is 12.1 Å². The molecule has 3 nitrogen and oxygen atoms in total. The van der Waals surface area contributed by atoms with E-state index in [1.165, 1.54) is 19.2 Å². The molecule has 0 radical (unpaired) electrons. The van der Waals surface area contributed by atoms with E-state index in [4.69, 9.17) is 4.74 Å². The fraction of sp³-hybridized carbons (Fsp3) is 0.562. The zero-order chi connectivity index (χ0) is 16.4. The molecule has 0 aromatic heterocycles. The van der Waals surface area contributed by atoms with Crippen LogP contribution in [0.4, 0.5) is 13.2 Å². The lowest BCUT2D eigenvalue weighted by molar-refractivity contribution is -0.154. The van der Waals surface area contributed by atoms with Gasteiger partial charge in [0.2, 0.25) is 0 Å². The number of benzene rings is 1. The Morgan fingerprint density at radius 3 is 2.41 bits per heavy atom. The molecule has 0 aliphatic heterocycles. The van der Waals surface area contributed by atoms with Crippen molar-refractivity contribution in [2.24, 2.45) is 0 Å². The molecule has 0 heterocycles. The number of carbonyl (C=O) groups excluding carboxylic acids is 1. The van der Waals surface area contributed by atoms with Crippen LogP contribution in [0.2, 0.25) is 0 Å². The predicted molar refractivity (Wildman–Crippen MR) is 76.1 cm³/mol. The molecule has 2 rings (SSSR count). The molecule has 0 spiro atoms. The summed E-state index contributed by atoms with van der Waals surface area (Å²) in [4.78, 5) is 13.9. The first-order valence-corrected chi connectivity index (χ1v) is 7.26. The van der Waals surface area contributed by atoms with Gasteiger partial charge in [-0.2, -0.15) is 13.2 Å². The summed E-state index contributed by atoms with van der Waals surface area (Å²) in [7, 11) is 3.01. The minimum atomic E-state index is -4.40. The first-order chi connectivity index (χ1) is 10.3. The molecule has 0 bridgehead atoms. The second kappa shape index (κ2) is 6.28. The van der Waals surface area contributed by atoms with Crippen LogP contribution in [0.1, 0.15) is 36.8 Å². The molecule has 0 amide bonds. The maximum atomic E-state index is 13.1. The summed E-state index contributed by atoms with van der Waals surface area (Å²) in [6.45, 7) is 0.0603. The van der Waals surface area contributed by atoms with Gasteiger partial charge in [0.15, 0.2) is 0 Å². The fourth-order valence-electron chi connectivity index (χ4n) is 3.23. The van der Waals surface area contributed by atoms with Crippen molar-refractivity contribution >= 4 is 5.97 Å². The van der Waals surface area contributed by atoms with Crippen molar-refractivity contribution in [2.45, 2.75) is 43.9 Å². The molecule has 1 aromatic rings. The number of rotatable bonds is 4. The minimum absolute atomic E-state index is 0.0603. The van der Waals surface area contributed by atoms with Crippen molar-refractivity contribution in [3.05, 3.63) is 35.4 Å². The largest absolute Gasteiger partial charge is 0.468 e. The van der Waals surface area contributed by atoms with Gasteiger partial charge in [-0.1, -0.05) is 31.0 Å². The first kappa shape index (κ1) is 16.8. The number of alkyl halides is 3. The van der Waals surface area contributed by atoms with Crippen molar-refractivity contribution in [3.63, 3.8) is 0 Å². The van der Waals surface area contributed by atoms with E-state index in [-0.39, 0.29) is 18.1 Å². The van der Waals surface area contributed by atoms with E-state index in [0.717, 1.165) is 18.9 Å². The van der Waals surface area contributed by atoms with Crippen LogP contribution in [-0.4, -0.2) is 30.6 Å². The Balaban J connectivity index is 2.28. The lowest BCUT2D eigenvalue weighted by Gasteiger charge is -2.36. The molecule has 6 heteroatoms. The third-order valence-electron chi connectivity index (χ3n) is 4.46. The van der Waals surface area contributed by atoms with E-state index in [1.54, 1.807) is 18.0 Å². The Morgan fingerprint density at radius 2 is 1.86 bits per heavy atom. The van der Waals surface area contributed by atoms with E-state index in [1.807, 2.05) is 0 Å². The van der Waals surface area contributed by atoms with Gasteiger partial charge in [0.25, 0.3) is 0 Å². The van der Waals surface area contributed by atoms with Gasteiger partial charge in [-0.3, -0.25) is 9.69 Å². The number of nitrogens with zero attached hydrogens (tertiary/aromatic N) is 1. The van der Waals surface area contributed by atoms with Crippen LogP contribution in [0.25, 0.3) is 0 Å². The Bertz CT molecular complexity index is 536. The molecule has 0 unspecified atom stereocenters. The van der Waals surface area contributed by atoms with Crippen LogP contribution < -0.4 is 0 Å². The molecule has 0 atom stereocenters. The molecule has 1 fully saturated rings. The van der Waals surface area contributed by atoms with Gasteiger partial charge in [-0.25, -0.2) is 0 Å². The summed E-state index contributed by atoms with van der Waals surface area (Å²) in [6, 6.07) is 5.48. The minimum Gasteiger partial charge on any atom is -0.468 e. The average Bonchev–Trinajstić information content (AvgIpc) is 2.96. The monoisotopic (exact) mass is 315 g/mol. The quantitative estimate of drug-likeness (QED) is 0.795. The van der Waals surface area contributed by atoms with E-state index in [0.29, 0.717) is 12.8 Å². The van der Waals surface area contributed by atoms with Crippen molar-refractivity contribution < 1.29 is 22.7 Å². The topological polar surface area (TPSA) is 29.5 Å². The number of hydrogen-bond acceptors (Lipinski definition) is 3. The number of ether oxygens (including phenoxy) is 1. The SMILES string of the molecule is COC(=O)C1(N(C)Cc2ccccc2C(F)(F)F)CCCC1. The highest BCUT2D eigenvalue weighted by molar-refractivity contribution is 5.81. The smallest absolute Gasteiger partial charge is 0.416 e. The van der Waals surface area contributed by atoms with Crippen LogP contribution in [0.5, 0.6) is 0 Å². The lowest BCUT2D eigenvalue weighted by atomic mass is 9.94. The maximum Gasteiger partial charge on any atom is 0.416 e. The normalized spacial score (nSPS) is 17.7. The Morgan fingerprint density at radius 1 is 1.27 bits per heavy atom. The number of methoxy groups -OCH3 is 1. The third-order valence-corrected chi connectivity index (χ3v) is 4.46. The maximum absolute atomic E-state index is 13.1. The molecule has 122 valence electrons. The molecular weight excluding hydrogens is 295 g/mol. The molecule has 1 aliphatic rings. The summed E-state index contributed by atoms with van der Waals surface area (Å²) in [5.41, 5.74) is -1.29. The zero-order valence-electron chi connectivity index (χ0n) is 12.7. The van der Waals surface area contributed by atoms with Crippen LogP contribution >= 0.6 is 0 Å². The van der Waals surface area contributed by atoms with Gasteiger partial charge in [0.1, 0.15) is 5.54 Å². The van der Waals surface area contributed by atoms with Crippen molar-refractivity contribution in [2.75, 3.05) is 14.2 Å². The lowest BCUT2D eigenvalue weighted by Crippen LogP contribution is -2.51. The molecule has 0 N–H and O–H groups in total. The average molecular weight is 315 g/mol. The van der Waals surface area contributed by atoms with E-state index >= 15 is 0 Å². The second-order valence-corrected chi connectivity index (χ2v) is 5.74. The zero-order valence-corrected chi connectivity index (χ0v) is 12.7. The third kappa shape index (κ3) is 3.11. The molecular formula is C16H20F3NO2. The van der Waals surface area contributed by atoms with Gasteiger partial charge in [0, 0.05) is 6.54 Å². The second-order valence-electron chi connectivity index (χ2n) is 5.74. The molecule has 0 saturated heterocycles.